The van der Waals surface area contributed by atoms with Gasteiger partial charge in [0.25, 0.3) is 0 Å². The molecule has 0 bridgehead atoms. The molecule has 0 saturated heterocycles. The second kappa shape index (κ2) is 15.8. The standard InChI is InChI=1S/C16H36N.C7H6O2.Mo.2H2O2.O/c1-13(2,3)17(14(4,5)6,15(7,8)9)16(10,11)12;8-7(9)6-4-2-1-3-5-6;;2*1-2;/h1-12H3;1-5H,(H,8,9);;2*1-2H;/q+1;;;;;. The van der Waals surface area contributed by atoms with Crippen LogP contribution in [0, 0.1) is 0 Å². The SMILES string of the molecule is CC(C)(C)[N+](C(C)(C)C)(C(C)(C)C)C(C)(C)C.O=C(O)c1ccccc1.OO.OO.[O]=[Mo]. The summed E-state index contributed by atoms with van der Waals surface area (Å²) in [7, 11) is 0. The van der Waals surface area contributed by atoms with Gasteiger partial charge in [-0.1, -0.05) is 18.2 Å². The molecular weight excluding hydrogens is 498 g/mol. The van der Waals surface area contributed by atoms with Gasteiger partial charge in [-0.15, -0.1) is 0 Å². The number of aromatic carboxylic acids is 1. The Morgan fingerprint density at radius 3 is 0.938 bits per heavy atom. The van der Waals surface area contributed by atoms with E-state index in [0.29, 0.717) is 25.3 Å². The molecule has 0 unspecified atom stereocenters. The summed E-state index contributed by atoms with van der Waals surface area (Å²) in [5, 5.41) is 32.4. The fraction of sp³-hybridized carbons (Fsp3) is 0.696. The number of carbonyl (C=O) groups is 1. The fourth-order valence-electron chi connectivity index (χ4n) is 6.62. The molecule has 0 radical (unpaired) electrons. The molecule has 1 aromatic rings. The Balaban J connectivity index is -0.000000218. The van der Waals surface area contributed by atoms with Crippen molar-refractivity contribution in [2.45, 2.75) is 105 Å². The first-order valence-electron chi connectivity index (χ1n) is 10.0. The van der Waals surface area contributed by atoms with Crippen LogP contribution in [0.25, 0.3) is 0 Å². The predicted octanol–water partition coefficient (Wildman–Crippen LogP) is 6.30. The molecule has 5 N–H and O–H groups in total. The Labute approximate surface area is 205 Å². The quantitative estimate of drug-likeness (QED) is 0.121. The van der Waals surface area contributed by atoms with Gasteiger partial charge in [0.1, 0.15) is 0 Å². The molecule has 8 nitrogen and oxygen atoms in total. The number of benzene rings is 1. The van der Waals surface area contributed by atoms with E-state index >= 15 is 0 Å². The van der Waals surface area contributed by atoms with Crippen LogP contribution in [0.3, 0.4) is 0 Å². The van der Waals surface area contributed by atoms with Crippen LogP contribution in [-0.4, -0.2) is 58.7 Å². The van der Waals surface area contributed by atoms with Crippen LogP contribution >= 0.6 is 0 Å². The molecule has 1 aromatic carbocycles. The molecule has 0 atom stereocenters. The molecule has 0 aromatic heterocycles. The number of hydrogen-bond acceptors (Lipinski definition) is 6. The summed E-state index contributed by atoms with van der Waals surface area (Å²) < 4.78 is 9.34. The Morgan fingerprint density at radius 2 is 0.844 bits per heavy atom. The third-order valence-corrected chi connectivity index (χ3v) is 5.05. The second-order valence-electron chi connectivity index (χ2n) is 11.0. The van der Waals surface area contributed by atoms with Crippen molar-refractivity contribution in [3.8, 4) is 0 Å². The van der Waals surface area contributed by atoms with Gasteiger partial charge in [0.05, 0.1) is 27.7 Å². The van der Waals surface area contributed by atoms with E-state index < -0.39 is 5.97 Å². The Morgan fingerprint density at radius 1 is 0.625 bits per heavy atom. The number of carboxylic acids is 1. The van der Waals surface area contributed by atoms with Crippen LogP contribution in [-0.2, 0) is 23.2 Å². The van der Waals surface area contributed by atoms with Gasteiger partial charge in [-0.05, 0) is 95.2 Å². The van der Waals surface area contributed by atoms with Crippen molar-refractivity contribution in [3.05, 3.63) is 35.9 Å². The molecule has 0 amide bonds. The summed E-state index contributed by atoms with van der Waals surface area (Å²) in [6, 6.07) is 8.30. The van der Waals surface area contributed by atoms with E-state index in [1.54, 1.807) is 30.3 Å². The molecule has 0 aliphatic carbocycles. The molecule has 0 aliphatic rings. The number of carboxylic acid groups (broad SMARTS) is 1. The Hall–Kier alpha value is -1.02. The number of nitrogens with zero attached hydrogens (tertiary/aromatic N) is 1. The minimum atomic E-state index is -0.879. The average molecular weight is 545 g/mol. The van der Waals surface area contributed by atoms with E-state index in [4.69, 9.17) is 29.5 Å². The van der Waals surface area contributed by atoms with Crippen LogP contribution in [0.4, 0.5) is 0 Å². The van der Waals surface area contributed by atoms with E-state index in [9.17, 15) is 4.79 Å². The third kappa shape index (κ3) is 10.3. The Bertz CT molecular complexity index is 549. The first-order chi connectivity index (χ1) is 14.3. The maximum absolute atomic E-state index is 10.2. The number of rotatable bonds is 1. The van der Waals surface area contributed by atoms with Gasteiger partial charge in [0, 0.05) is 0 Å². The van der Waals surface area contributed by atoms with Gasteiger partial charge in [-0.25, -0.2) is 4.79 Å². The summed E-state index contributed by atoms with van der Waals surface area (Å²) in [6.45, 7) is 28.6. The normalized spacial score (nSPS) is 11.6. The third-order valence-electron chi connectivity index (χ3n) is 5.05. The van der Waals surface area contributed by atoms with E-state index in [2.05, 4.69) is 83.1 Å². The zero-order valence-electron chi connectivity index (χ0n) is 21.8. The molecule has 1 rings (SSSR count). The summed E-state index contributed by atoms with van der Waals surface area (Å²) in [5.74, 6) is -0.879. The van der Waals surface area contributed by atoms with E-state index in [-0.39, 0.29) is 22.2 Å². The molecule has 190 valence electrons. The molecule has 0 fully saturated rings. The molecule has 32 heavy (non-hydrogen) atoms. The van der Waals surface area contributed by atoms with Crippen molar-refractivity contribution in [1.29, 1.82) is 0 Å². The van der Waals surface area contributed by atoms with Gasteiger partial charge < -0.3 is 9.59 Å². The van der Waals surface area contributed by atoms with Gasteiger partial charge in [0.2, 0.25) is 0 Å². The molecule has 0 heterocycles. The number of hydrogen-bond donors (Lipinski definition) is 5. The van der Waals surface area contributed by atoms with Crippen LogP contribution in [0.2, 0.25) is 0 Å². The zero-order chi connectivity index (χ0) is 27.2. The van der Waals surface area contributed by atoms with E-state index in [1.807, 2.05) is 0 Å². The fourth-order valence-corrected chi connectivity index (χ4v) is 6.62. The summed E-state index contributed by atoms with van der Waals surface area (Å²) in [5.41, 5.74) is 1.14. The van der Waals surface area contributed by atoms with Gasteiger partial charge in [-0.3, -0.25) is 21.0 Å². The van der Waals surface area contributed by atoms with Crippen molar-refractivity contribution in [2.24, 2.45) is 0 Å². The molecule has 0 saturated carbocycles. The van der Waals surface area contributed by atoms with Gasteiger partial charge >= 0.3 is 29.1 Å². The van der Waals surface area contributed by atoms with Crippen LogP contribution in [0.1, 0.15) is 93.4 Å². The van der Waals surface area contributed by atoms with Crippen LogP contribution < -0.4 is 0 Å². The molecule has 0 aliphatic heterocycles. The topological polar surface area (TPSA) is 135 Å². The van der Waals surface area contributed by atoms with Gasteiger partial charge in [0.15, 0.2) is 0 Å². The molecule has 0 spiro atoms. The number of quaternary nitrogens is 1. The van der Waals surface area contributed by atoms with Crippen molar-refractivity contribution in [3.63, 3.8) is 0 Å². The van der Waals surface area contributed by atoms with E-state index in [1.165, 1.54) is 0 Å². The summed E-state index contributed by atoms with van der Waals surface area (Å²) in [4.78, 5) is 10.2. The van der Waals surface area contributed by atoms with Crippen molar-refractivity contribution < 1.29 is 58.6 Å². The Kier molecular flexibility index (Phi) is 18.8. The predicted molar refractivity (Wildman–Crippen MR) is 124 cm³/mol. The van der Waals surface area contributed by atoms with E-state index in [0.717, 1.165) is 4.48 Å². The molecular formula is C23H46MoNO7+. The van der Waals surface area contributed by atoms with Crippen molar-refractivity contribution in [2.75, 3.05) is 0 Å². The zero-order valence-corrected chi connectivity index (χ0v) is 23.8. The monoisotopic (exact) mass is 546 g/mol. The first kappa shape index (κ1) is 38.3. The van der Waals surface area contributed by atoms with Gasteiger partial charge in [-0.2, -0.15) is 0 Å². The minimum absolute atomic E-state index is 0.203. The maximum atomic E-state index is 10.2. The van der Waals surface area contributed by atoms with Crippen LogP contribution in [0.15, 0.2) is 30.3 Å². The van der Waals surface area contributed by atoms with Crippen LogP contribution in [0.5, 0.6) is 0 Å². The summed E-state index contributed by atoms with van der Waals surface area (Å²) in [6.07, 6.45) is 0. The van der Waals surface area contributed by atoms with Crippen molar-refractivity contribution >= 4 is 5.97 Å². The average Bonchev–Trinajstić information content (AvgIpc) is 2.63. The second-order valence-corrected chi connectivity index (χ2v) is 11.0. The molecule has 9 heteroatoms. The first-order valence-corrected chi connectivity index (χ1v) is 10.9. The van der Waals surface area contributed by atoms with Crippen molar-refractivity contribution in [1.82, 2.24) is 0 Å². The summed E-state index contributed by atoms with van der Waals surface area (Å²) >= 11 is 0.700.